The van der Waals surface area contributed by atoms with E-state index >= 15 is 4.39 Å². The molecule has 0 spiro atoms. The van der Waals surface area contributed by atoms with Crippen LogP contribution in [0, 0.1) is 11.7 Å². The summed E-state index contributed by atoms with van der Waals surface area (Å²) in [6.45, 7) is -0.646. The van der Waals surface area contributed by atoms with Gasteiger partial charge in [-0.15, -0.1) is 12.4 Å². The van der Waals surface area contributed by atoms with Gasteiger partial charge in [0, 0.05) is 23.4 Å². The van der Waals surface area contributed by atoms with E-state index in [-0.39, 0.29) is 72.4 Å². The molecule has 3 heterocycles. The zero-order chi connectivity index (χ0) is 24.1. The molecule has 2 aromatic rings. The summed E-state index contributed by atoms with van der Waals surface area (Å²) < 4.78 is 66.9. The fourth-order valence-electron chi connectivity index (χ4n) is 3.95. The summed E-state index contributed by atoms with van der Waals surface area (Å²) >= 11 is 1.03. The summed E-state index contributed by atoms with van der Waals surface area (Å²) in [6, 6.07) is 3.71. The van der Waals surface area contributed by atoms with E-state index in [1.807, 2.05) is 0 Å². The molecule has 0 radical (unpaired) electrons. The molecule has 2 fully saturated rings. The van der Waals surface area contributed by atoms with Gasteiger partial charge in [0.05, 0.1) is 38.1 Å². The number of aromatic nitrogens is 2. The van der Waals surface area contributed by atoms with Gasteiger partial charge in [0.1, 0.15) is 11.5 Å². The second-order valence-corrected chi connectivity index (χ2v) is 9.41. The number of ether oxygens (including phenoxy) is 2. The minimum absolute atomic E-state index is 0. The molecule has 3 aliphatic rings. The lowest BCUT2D eigenvalue weighted by Crippen LogP contribution is -2.52. The molecular weight excluding hydrogens is 514 g/mol. The van der Waals surface area contributed by atoms with Gasteiger partial charge >= 0.3 is 0 Å². The van der Waals surface area contributed by atoms with E-state index in [4.69, 9.17) is 15.2 Å². The van der Waals surface area contributed by atoms with Gasteiger partial charge in [0.2, 0.25) is 5.88 Å². The molecule has 8 nitrogen and oxygen atoms in total. The van der Waals surface area contributed by atoms with E-state index in [1.165, 1.54) is 12.1 Å². The van der Waals surface area contributed by atoms with Gasteiger partial charge in [-0.25, -0.2) is 32.5 Å². The Kier molecular flexibility index (Phi) is 6.62. The number of amidine groups is 1. The molecule has 1 unspecified atom stereocenters. The summed E-state index contributed by atoms with van der Waals surface area (Å²) in [7, 11) is 0. The van der Waals surface area contributed by atoms with Crippen molar-refractivity contribution in [3.63, 3.8) is 0 Å². The van der Waals surface area contributed by atoms with Crippen LogP contribution in [0.4, 0.5) is 23.2 Å². The molecule has 1 amide bonds. The van der Waals surface area contributed by atoms with Crippen LogP contribution in [-0.4, -0.2) is 58.2 Å². The number of hydrogen-bond acceptors (Lipinski definition) is 8. The predicted octanol–water partition coefficient (Wildman–Crippen LogP) is 3.32. The molecule has 1 saturated carbocycles. The molecule has 1 aromatic carbocycles. The van der Waals surface area contributed by atoms with Crippen LogP contribution >= 0.6 is 24.2 Å². The van der Waals surface area contributed by atoms with Crippen molar-refractivity contribution in [3.05, 3.63) is 47.7 Å². The molecule has 188 valence electrons. The van der Waals surface area contributed by atoms with Crippen molar-refractivity contribution in [1.82, 2.24) is 9.97 Å². The lowest BCUT2D eigenvalue weighted by atomic mass is 9.79. The average molecular weight is 534 g/mol. The summed E-state index contributed by atoms with van der Waals surface area (Å²) in [4.78, 5) is 24.7. The van der Waals surface area contributed by atoms with Crippen LogP contribution in [-0.2, 0) is 10.3 Å². The van der Waals surface area contributed by atoms with E-state index in [1.54, 1.807) is 0 Å². The van der Waals surface area contributed by atoms with Crippen molar-refractivity contribution in [3.8, 4) is 5.88 Å². The molecule has 14 heteroatoms. The number of nitrogens with zero attached hydrogens (tertiary/aromatic N) is 3. The van der Waals surface area contributed by atoms with E-state index in [0.717, 1.165) is 30.2 Å². The number of benzene rings is 1. The van der Waals surface area contributed by atoms with Gasteiger partial charge in [0.25, 0.3) is 11.8 Å². The molecule has 0 bridgehead atoms. The Labute approximate surface area is 207 Å². The van der Waals surface area contributed by atoms with Gasteiger partial charge < -0.3 is 20.5 Å². The van der Waals surface area contributed by atoms with Gasteiger partial charge in [-0.1, -0.05) is 11.8 Å². The topological polar surface area (TPSA) is 112 Å². The standard InChI is InChI=1S/C21H19F4N5O3S.ClH/c22-14-2-1-12(3-13(14)20-9-32-8-19(20,23)10-34-18(26)30-20)29-17(31)15-5-28-16(6-27-15)33-7-11-4-21(11,24)25;/h1-3,5-6,11H,4,7-10H2,(H2,26,30)(H,29,31);1H/t11?,19-,20-;/m1./s1. The molecular formula is C21H20ClF4N5O3S. The van der Waals surface area contributed by atoms with E-state index in [2.05, 4.69) is 20.3 Å². The second-order valence-electron chi connectivity index (χ2n) is 8.42. The van der Waals surface area contributed by atoms with Crippen molar-refractivity contribution in [1.29, 1.82) is 0 Å². The summed E-state index contributed by atoms with van der Waals surface area (Å²) in [6.07, 6.45) is 2.04. The Hall–Kier alpha value is -2.64. The Bertz CT molecular complexity index is 1170. The van der Waals surface area contributed by atoms with E-state index in [9.17, 15) is 18.0 Å². The quantitative estimate of drug-likeness (QED) is 0.548. The third kappa shape index (κ3) is 4.64. The Morgan fingerprint density at radius 3 is 2.71 bits per heavy atom. The number of amides is 1. The number of alkyl halides is 3. The average Bonchev–Trinajstić information content (AvgIpc) is 3.27. The largest absolute Gasteiger partial charge is 0.476 e. The minimum Gasteiger partial charge on any atom is -0.476 e. The van der Waals surface area contributed by atoms with Gasteiger partial charge in [-0.05, 0) is 18.2 Å². The first kappa shape index (κ1) is 25.5. The maximum absolute atomic E-state index is 15.7. The number of aliphatic imine (C=N–C) groups is 1. The number of carbonyl (C=O) groups excluding carboxylic acids is 1. The van der Waals surface area contributed by atoms with Crippen LogP contribution in [0.2, 0.25) is 0 Å². The first-order valence-electron chi connectivity index (χ1n) is 10.3. The first-order valence-corrected chi connectivity index (χ1v) is 11.3. The molecule has 5 rings (SSSR count). The third-order valence-electron chi connectivity index (χ3n) is 6.05. The van der Waals surface area contributed by atoms with Crippen molar-refractivity contribution in [2.24, 2.45) is 16.6 Å². The number of halogens is 5. The van der Waals surface area contributed by atoms with Crippen LogP contribution in [0.25, 0.3) is 0 Å². The van der Waals surface area contributed by atoms with Crippen molar-refractivity contribution < 1.29 is 31.8 Å². The summed E-state index contributed by atoms with van der Waals surface area (Å²) in [5.74, 6) is -4.97. The third-order valence-corrected chi connectivity index (χ3v) is 7.04. The fraction of sp³-hybridized carbons (Fsp3) is 0.429. The number of nitrogens with one attached hydrogen (secondary N) is 1. The normalized spacial score (nSPS) is 28.3. The maximum Gasteiger partial charge on any atom is 0.275 e. The number of hydrogen-bond donors (Lipinski definition) is 2. The monoisotopic (exact) mass is 533 g/mol. The lowest BCUT2D eigenvalue weighted by Gasteiger charge is -2.38. The Morgan fingerprint density at radius 1 is 1.26 bits per heavy atom. The number of rotatable bonds is 6. The predicted molar refractivity (Wildman–Crippen MR) is 123 cm³/mol. The van der Waals surface area contributed by atoms with Crippen LogP contribution in [0.1, 0.15) is 22.5 Å². The van der Waals surface area contributed by atoms with Crippen molar-refractivity contribution >= 4 is 40.9 Å². The SMILES string of the molecule is Cl.NC1=N[C@@]2(c3cc(NC(=O)c4cnc(OCC5CC5(F)F)cn4)ccc3F)COC[C@@]2(F)CS1. The van der Waals surface area contributed by atoms with Crippen LogP contribution in [0.15, 0.2) is 35.6 Å². The molecule has 2 aliphatic heterocycles. The zero-order valence-corrected chi connectivity index (χ0v) is 19.6. The highest BCUT2D eigenvalue weighted by atomic mass is 35.5. The number of anilines is 1. The van der Waals surface area contributed by atoms with Gasteiger partial charge in [-0.3, -0.25) is 4.79 Å². The van der Waals surface area contributed by atoms with Crippen molar-refractivity contribution in [2.45, 2.75) is 23.6 Å². The highest BCUT2D eigenvalue weighted by Gasteiger charge is 2.61. The Morgan fingerprint density at radius 2 is 2.03 bits per heavy atom. The second kappa shape index (κ2) is 9.10. The maximum atomic E-state index is 15.7. The summed E-state index contributed by atoms with van der Waals surface area (Å²) in [5.41, 5.74) is 2.20. The molecule has 3 atom stereocenters. The Balaban J connectivity index is 0.00000289. The number of thioether (sulfide) groups is 1. The van der Waals surface area contributed by atoms with Crippen LogP contribution in [0.5, 0.6) is 5.88 Å². The molecule has 3 N–H and O–H groups in total. The van der Waals surface area contributed by atoms with Gasteiger partial charge in [-0.2, -0.15) is 0 Å². The fourth-order valence-corrected chi connectivity index (χ4v) is 4.87. The number of carbonyl (C=O) groups is 1. The van der Waals surface area contributed by atoms with E-state index in [0.29, 0.717) is 0 Å². The smallest absolute Gasteiger partial charge is 0.275 e. The van der Waals surface area contributed by atoms with Gasteiger partial charge in [0.15, 0.2) is 16.4 Å². The summed E-state index contributed by atoms with van der Waals surface area (Å²) in [5, 5.41) is 2.68. The molecule has 1 aromatic heterocycles. The zero-order valence-electron chi connectivity index (χ0n) is 18.0. The molecule has 35 heavy (non-hydrogen) atoms. The lowest BCUT2D eigenvalue weighted by molar-refractivity contribution is 0.0849. The first-order chi connectivity index (χ1) is 16.1. The minimum atomic E-state index is -2.71. The number of nitrogens with two attached hydrogens (primary N) is 1. The molecule has 1 aliphatic carbocycles. The molecule has 1 saturated heterocycles. The highest BCUT2D eigenvalue weighted by Crippen LogP contribution is 2.51. The van der Waals surface area contributed by atoms with Crippen molar-refractivity contribution in [2.75, 3.05) is 30.9 Å². The van der Waals surface area contributed by atoms with Crippen LogP contribution < -0.4 is 15.8 Å². The van der Waals surface area contributed by atoms with E-state index < -0.39 is 34.8 Å². The number of fused-ring (bicyclic) bond motifs is 1. The van der Waals surface area contributed by atoms with Crippen LogP contribution in [0.3, 0.4) is 0 Å². The highest BCUT2D eigenvalue weighted by molar-refractivity contribution is 8.13.